The van der Waals surface area contributed by atoms with E-state index < -0.39 is 10.8 Å². The highest BCUT2D eigenvalue weighted by Gasteiger charge is 2.29. The van der Waals surface area contributed by atoms with Gasteiger partial charge in [0.25, 0.3) is 5.91 Å². The maximum absolute atomic E-state index is 12.0. The second kappa shape index (κ2) is 7.22. The number of carbonyl (C=O) groups is 2. The summed E-state index contributed by atoms with van der Waals surface area (Å²) in [4.78, 5) is 34.3. The third kappa shape index (κ3) is 4.48. The normalized spacial score (nSPS) is 13.6. The lowest BCUT2D eigenvalue weighted by Gasteiger charge is -2.05. The fourth-order valence-corrected chi connectivity index (χ4v) is 2.72. The Hall–Kier alpha value is -3.07. The maximum Gasteiger partial charge on any atom is 0.324 e. The minimum atomic E-state index is -0.482. The lowest BCUT2D eigenvalue weighted by atomic mass is 10.2. The van der Waals surface area contributed by atoms with Gasteiger partial charge in [0, 0.05) is 23.2 Å². The number of nitrogens with zero attached hydrogens (tertiary/aromatic N) is 2. The minimum absolute atomic E-state index is 0.00634. The molecule has 2 N–H and O–H groups in total. The van der Waals surface area contributed by atoms with Crippen molar-refractivity contribution in [1.82, 2.24) is 5.43 Å². The monoisotopic (exact) mass is 358 g/mol. The molecule has 0 spiro atoms. The molecule has 2 amide bonds. The van der Waals surface area contributed by atoms with Crippen LogP contribution >= 0.6 is 11.3 Å². The predicted molar refractivity (Wildman–Crippen MR) is 93.8 cm³/mol. The molecular weight excluding hydrogens is 344 g/mol. The first-order chi connectivity index (χ1) is 12.0. The minimum Gasteiger partial charge on any atom is -0.326 e. The molecule has 1 heterocycles. The van der Waals surface area contributed by atoms with Gasteiger partial charge in [-0.3, -0.25) is 19.7 Å². The van der Waals surface area contributed by atoms with Crippen LogP contribution < -0.4 is 10.7 Å². The van der Waals surface area contributed by atoms with E-state index in [2.05, 4.69) is 15.8 Å². The first-order valence-corrected chi connectivity index (χ1v) is 8.33. The van der Waals surface area contributed by atoms with E-state index in [-0.39, 0.29) is 16.8 Å². The smallest absolute Gasteiger partial charge is 0.324 e. The largest absolute Gasteiger partial charge is 0.326 e. The second-order valence-electron chi connectivity index (χ2n) is 5.47. The Morgan fingerprint density at radius 2 is 1.92 bits per heavy atom. The molecule has 0 atom stereocenters. The predicted octanol–water partition coefficient (Wildman–Crippen LogP) is 2.77. The Morgan fingerprint density at radius 1 is 1.20 bits per heavy atom. The van der Waals surface area contributed by atoms with E-state index in [1.165, 1.54) is 12.3 Å². The number of carbonyl (C=O) groups excluding carboxylic acids is 2. The van der Waals surface area contributed by atoms with E-state index >= 15 is 0 Å². The van der Waals surface area contributed by atoms with E-state index in [1.807, 2.05) is 0 Å². The van der Waals surface area contributed by atoms with Crippen LogP contribution in [0.2, 0.25) is 0 Å². The molecule has 0 saturated heterocycles. The van der Waals surface area contributed by atoms with Crippen LogP contribution in [-0.4, -0.2) is 23.0 Å². The van der Waals surface area contributed by atoms with E-state index in [9.17, 15) is 19.7 Å². The molecule has 128 valence electrons. The average molecular weight is 358 g/mol. The van der Waals surface area contributed by atoms with Crippen molar-refractivity contribution in [2.75, 3.05) is 5.32 Å². The zero-order chi connectivity index (χ0) is 17.8. The fourth-order valence-electron chi connectivity index (χ4n) is 2.02. The van der Waals surface area contributed by atoms with E-state index in [1.54, 1.807) is 30.3 Å². The van der Waals surface area contributed by atoms with Gasteiger partial charge in [-0.25, -0.2) is 5.43 Å². The highest BCUT2D eigenvalue weighted by molar-refractivity contribution is 7.16. The first kappa shape index (κ1) is 16.8. The van der Waals surface area contributed by atoms with Crippen molar-refractivity contribution < 1.29 is 14.5 Å². The van der Waals surface area contributed by atoms with Crippen molar-refractivity contribution in [3.8, 4) is 0 Å². The van der Waals surface area contributed by atoms with Gasteiger partial charge in [0.2, 0.25) is 5.91 Å². The number of anilines is 1. The molecule has 25 heavy (non-hydrogen) atoms. The number of hydrazone groups is 1. The summed E-state index contributed by atoms with van der Waals surface area (Å²) in [5.74, 6) is -0.292. The summed E-state index contributed by atoms with van der Waals surface area (Å²) in [6.45, 7) is 0. The van der Waals surface area contributed by atoms with Crippen LogP contribution in [-0.2, 0) is 4.79 Å². The number of amides is 2. The summed E-state index contributed by atoms with van der Waals surface area (Å²) < 4.78 is 0. The SMILES string of the molecule is O=C(N/N=C/c1ccc([N+](=O)[O-])s1)c1ccc(NC(=O)C2CC2)cc1. The topological polar surface area (TPSA) is 114 Å². The van der Waals surface area contributed by atoms with Gasteiger partial charge in [0.1, 0.15) is 0 Å². The molecule has 9 heteroatoms. The van der Waals surface area contributed by atoms with Crippen molar-refractivity contribution in [2.45, 2.75) is 12.8 Å². The van der Waals surface area contributed by atoms with Crippen molar-refractivity contribution in [1.29, 1.82) is 0 Å². The quantitative estimate of drug-likeness (QED) is 0.469. The van der Waals surface area contributed by atoms with Gasteiger partial charge in [-0.15, -0.1) is 0 Å². The first-order valence-electron chi connectivity index (χ1n) is 7.51. The van der Waals surface area contributed by atoms with Gasteiger partial charge in [0.15, 0.2) is 0 Å². The lowest BCUT2D eigenvalue weighted by molar-refractivity contribution is -0.380. The summed E-state index contributed by atoms with van der Waals surface area (Å²) in [5.41, 5.74) is 3.38. The molecule has 0 bridgehead atoms. The third-order valence-corrected chi connectivity index (χ3v) is 4.48. The van der Waals surface area contributed by atoms with Gasteiger partial charge in [-0.05, 0) is 43.2 Å². The highest BCUT2D eigenvalue weighted by atomic mass is 32.1. The lowest BCUT2D eigenvalue weighted by Crippen LogP contribution is -2.18. The van der Waals surface area contributed by atoms with Crippen LogP contribution in [0, 0.1) is 16.0 Å². The van der Waals surface area contributed by atoms with Crippen molar-refractivity contribution in [2.24, 2.45) is 11.0 Å². The van der Waals surface area contributed by atoms with E-state index in [0.29, 0.717) is 16.1 Å². The van der Waals surface area contributed by atoms with Crippen molar-refractivity contribution in [3.63, 3.8) is 0 Å². The molecule has 1 aliphatic rings. The Labute approximate surface area is 146 Å². The molecule has 8 nitrogen and oxygen atoms in total. The second-order valence-corrected chi connectivity index (χ2v) is 6.57. The summed E-state index contributed by atoms with van der Waals surface area (Å²) in [7, 11) is 0. The Balaban J connectivity index is 1.54. The molecule has 3 rings (SSSR count). The number of benzene rings is 1. The zero-order valence-electron chi connectivity index (χ0n) is 13.0. The number of nitro groups is 1. The molecule has 1 fully saturated rings. The van der Waals surface area contributed by atoms with Crippen molar-refractivity contribution in [3.05, 3.63) is 57.0 Å². The molecule has 1 aliphatic carbocycles. The molecule has 2 aromatic rings. The molecule has 1 aromatic carbocycles. The Kier molecular flexibility index (Phi) is 4.85. The highest BCUT2D eigenvalue weighted by Crippen LogP contribution is 2.30. The molecule has 1 aromatic heterocycles. The summed E-state index contributed by atoms with van der Waals surface area (Å²) in [5, 5.41) is 17.2. The van der Waals surface area contributed by atoms with Crippen LogP contribution in [0.1, 0.15) is 28.1 Å². The van der Waals surface area contributed by atoms with Gasteiger partial charge in [0.05, 0.1) is 16.0 Å². The maximum atomic E-state index is 12.0. The molecule has 0 aliphatic heterocycles. The van der Waals surface area contributed by atoms with Crippen LogP contribution in [0.5, 0.6) is 0 Å². The van der Waals surface area contributed by atoms with E-state index in [0.717, 1.165) is 24.2 Å². The van der Waals surface area contributed by atoms with Crippen LogP contribution in [0.4, 0.5) is 10.7 Å². The molecule has 1 saturated carbocycles. The van der Waals surface area contributed by atoms with Crippen LogP contribution in [0.25, 0.3) is 0 Å². The molecule has 0 unspecified atom stereocenters. The van der Waals surface area contributed by atoms with Gasteiger partial charge >= 0.3 is 5.00 Å². The molecule has 0 radical (unpaired) electrons. The number of hydrogen-bond acceptors (Lipinski definition) is 6. The molecular formula is C16H14N4O4S. The third-order valence-electron chi connectivity index (χ3n) is 3.51. The van der Waals surface area contributed by atoms with Gasteiger partial charge in [-0.1, -0.05) is 11.3 Å². The van der Waals surface area contributed by atoms with Gasteiger partial charge in [-0.2, -0.15) is 5.10 Å². The Bertz CT molecular complexity index is 840. The summed E-state index contributed by atoms with van der Waals surface area (Å²) in [6, 6.07) is 9.41. The Morgan fingerprint density at radius 3 is 2.52 bits per heavy atom. The summed E-state index contributed by atoms with van der Waals surface area (Å²) >= 11 is 0.964. The van der Waals surface area contributed by atoms with Crippen LogP contribution in [0.15, 0.2) is 41.5 Å². The zero-order valence-corrected chi connectivity index (χ0v) is 13.8. The number of hydrogen-bond donors (Lipinski definition) is 2. The summed E-state index contributed by atoms with van der Waals surface area (Å²) in [6.07, 6.45) is 3.20. The fraction of sp³-hybridized carbons (Fsp3) is 0.188. The number of nitrogens with one attached hydrogen (secondary N) is 2. The number of thiophene rings is 1. The average Bonchev–Trinajstić information content (AvgIpc) is 3.34. The van der Waals surface area contributed by atoms with Crippen molar-refractivity contribution >= 4 is 40.1 Å². The van der Waals surface area contributed by atoms with Gasteiger partial charge < -0.3 is 5.32 Å². The van der Waals surface area contributed by atoms with Crippen LogP contribution in [0.3, 0.4) is 0 Å². The number of rotatable bonds is 6. The standard InChI is InChI=1S/C16H14N4O4S/c21-15(10-1-2-10)18-12-5-3-11(4-6-12)16(22)19-17-9-13-7-8-14(25-13)20(23)24/h3-10H,1-2H2,(H,18,21)(H,19,22)/b17-9+. The van der Waals surface area contributed by atoms with E-state index in [4.69, 9.17) is 0 Å².